The standard InChI is InChI=1S/C10H10F3NO3/c1-3-14-5-7(17-6(2)15)4-8(9(14)16)10(11,12)13/h4-5H,3H2,1-2H3. The number of halogens is 3. The van der Waals surface area contributed by atoms with Crippen LogP contribution < -0.4 is 10.3 Å². The van der Waals surface area contributed by atoms with Gasteiger partial charge in [-0.1, -0.05) is 0 Å². The number of carbonyl (C=O) groups excluding carboxylic acids is 1. The van der Waals surface area contributed by atoms with Gasteiger partial charge >= 0.3 is 12.1 Å². The third kappa shape index (κ3) is 3.08. The molecule has 0 amide bonds. The molecule has 0 saturated heterocycles. The maximum absolute atomic E-state index is 12.5. The third-order valence-corrected chi connectivity index (χ3v) is 1.97. The average Bonchev–Trinajstić information content (AvgIpc) is 2.17. The van der Waals surface area contributed by atoms with Crippen LogP contribution in [0.25, 0.3) is 0 Å². The van der Waals surface area contributed by atoms with Gasteiger partial charge in [-0.15, -0.1) is 0 Å². The van der Waals surface area contributed by atoms with Crippen LogP contribution in [0.4, 0.5) is 13.2 Å². The summed E-state index contributed by atoms with van der Waals surface area (Å²) in [6.45, 7) is 2.63. The second-order valence-corrected chi connectivity index (χ2v) is 3.27. The van der Waals surface area contributed by atoms with Crippen LogP contribution in [0, 0.1) is 0 Å². The van der Waals surface area contributed by atoms with Crippen molar-refractivity contribution in [1.29, 1.82) is 0 Å². The van der Waals surface area contributed by atoms with Crippen LogP contribution in [0.1, 0.15) is 19.4 Å². The van der Waals surface area contributed by atoms with Gasteiger partial charge in [0.1, 0.15) is 11.3 Å². The Kier molecular flexibility index (Phi) is 3.59. The number of carbonyl (C=O) groups is 1. The molecule has 4 nitrogen and oxygen atoms in total. The Hall–Kier alpha value is -1.79. The van der Waals surface area contributed by atoms with Crippen molar-refractivity contribution in [2.24, 2.45) is 0 Å². The van der Waals surface area contributed by atoms with E-state index < -0.39 is 23.3 Å². The number of hydrogen-bond donors (Lipinski definition) is 0. The maximum atomic E-state index is 12.5. The van der Waals surface area contributed by atoms with Crippen molar-refractivity contribution in [3.63, 3.8) is 0 Å². The van der Waals surface area contributed by atoms with E-state index in [0.29, 0.717) is 6.07 Å². The van der Waals surface area contributed by atoms with Gasteiger partial charge in [0, 0.05) is 19.5 Å². The molecule has 0 aromatic carbocycles. The average molecular weight is 249 g/mol. The fourth-order valence-electron chi connectivity index (χ4n) is 1.27. The van der Waals surface area contributed by atoms with E-state index in [-0.39, 0.29) is 12.3 Å². The Morgan fingerprint density at radius 1 is 1.47 bits per heavy atom. The van der Waals surface area contributed by atoms with Crippen LogP contribution in [0.5, 0.6) is 5.75 Å². The van der Waals surface area contributed by atoms with Crippen molar-refractivity contribution in [2.45, 2.75) is 26.6 Å². The lowest BCUT2D eigenvalue weighted by atomic mass is 10.2. The minimum atomic E-state index is -4.77. The first kappa shape index (κ1) is 13.3. The second kappa shape index (κ2) is 4.60. The van der Waals surface area contributed by atoms with Gasteiger partial charge in [-0.25, -0.2) is 0 Å². The smallest absolute Gasteiger partial charge is 0.421 e. The molecule has 0 atom stereocenters. The molecule has 0 spiro atoms. The zero-order valence-electron chi connectivity index (χ0n) is 9.17. The van der Waals surface area contributed by atoms with Crippen LogP contribution >= 0.6 is 0 Å². The molecule has 0 aliphatic rings. The summed E-state index contributed by atoms with van der Waals surface area (Å²) >= 11 is 0. The van der Waals surface area contributed by atoms with Crippen LogP contribution in [0.2, 0.25) is 0 Å². The number of aromatic nitrogens is 1. The molecule has 0 fully saturated rings. The molecule has 0 N–H and O–H groups in total. The van der Waals surface area contributed by atoms with Crippen LogP contribution in [-0.4, -0.2) is 10.5 Å². The first-order valence-corrected chi connectivity index (χ1v) is 4.75. The van der Waals surface area contributed by atoms with E-state index in [1.807, 2.05) is 0 Å². The predicted molar refractivity (Wildman–Crippen MR) is 52.7 cm³/mol. The quantitative estimate of drug-likeness (QED) is 0.751. The van der Waals surface area contributed by atoms with Crippen molar-refractivity contribution >= 4 is 5.97 Å². The number of aryl methyl sites for hydroxylation is 1. The Bertz CT molecular complexity index is 491. The lowest BCUT2D eigenvalue weighted by molar-refractivity contribution is -0.140. The summed E-state index contributed by atoms with van der Waals surface area (Å²) in [5.74, 6) is -1.05. The molecule has 0 bridgehead atoms. The largest absolute Gasteiger partial charge is 0.425 e. The van der Waals surface area contributed by atoms with Gasteiger partial charge in [0.25, 0.3) is 5.56 Å². The molecule has 7 heteroatoms. The van der Waals surface area contributed by atoms with E-state index in [1.165, 1.54) is 6.92 Å². The fraction of sp³-hybridized carbons (Fsp3) is 0.400. The third-order valence-electron chi connectivity index (χ3n) is 1.97. The van der Waals surface area contributed by atoms with E-state index in [1.54, 1.807) is 0 Å². The Labute approximate surface area is 94.6 Å². The Morgan fingerprint density at radius 2 is 2.06 bits per heavy atom. The van der Waals surface area contributed by atoms with Gasteiger partial charge < -0.3 is 9.30 Å². The van der Waals surface area contributed by atoms with E-state index in [4.69, 9.17) is 0 Å². The molecule has 1 rings (SSSR count). The van der Waals surface area contributed by atoms with Gasteiger partial charge in [0.05, 0.1) is 6.20 Å². The highest BCUT2D eigenvalue weighted by atomic mass is 19.4. The summed E-state index contributed by atoms with van der Waals surface area (Å²) in [6.07, 6.45) is -3.71. The van der Waals surface area contributed by atoms with Gasteiger partial charge in [-0.3, -0.25) is 9.59 Å². The van der Waals surface area contributed by atoms with Crippen molar-refractivity contribution < 1.29 is 22.7 Å². The summed E-state index contributed by atoms with van der Waals surface area (Å²) in [5, 5.41) is 0. The van der Waals surface area contributed by atoms with Crippen LogP contribution in [-0.2, 0) is 17.5 Å². The lowest BCUT2D eigenvalue weighted by Crippen LogP contribution is -2.28. The number of alkyl halides is 3. The predicted octanol–water partition coefficient (Wildman–Crippen LogP) is 1.81. The number of rotatable bonds is 2. The summed E-state index contributed by atoms with van der Waals surface area (Å²) in [5.41, 5.74) is -2.51. The van der Waals surface area contributed by atoms with Gasteiger partial charge in [-0.2, -0.15) is 13.2 Å². The molecule has 94 valence electrons. The zero-order valence-corrected chi connectivity index (χ0v) is 9.17. The molecule has 1 heterocycles. The molecular weight excluding hydrogens is 239 g/mol. The summed E-state index contributed by atoms with van der Waals surface area (Å²) in [7, 11) is 0. The normalized spacial score (nSPS) is 11.4. The van der Waals surface area contributed by atoms with E-state index in [2.05, 4.69) is 4.74 Å². The number of esters is 1. The summed E-state index contributed by atoms with van der Waals surface area (Å²) in [4.78, 5) is 22.1. The van der Waals surface area contributed by atoms with E-state index in [9.17, 15) is 22.8 Å². The molecule has 0 aliphatic heterocycles. The highest BCUT2D eigenvalue weighted by molar-refractivity contribution is 5.69. The van der Waals surface area contributed by atoms with Crippen LogP contribution in [0.3, 0.4) is 0 Å². The SMILES string of the molecule is CCn1cc(OC(C)=O)cc(C(F)(F)F)c1=O. The highest BCUT2D eigenvalue weighted by Gasteiger charge is 2.35. The van der Waals surface area contributed by atoms with E-state index >= 15 is 0 Å². The van der Waals surface area contributed by atoms with Crippen molar-refractivity contribution in [2.75, 3.05) is 0 Å². The maximum Gasteiger partial charge on any atom is 0.421 e. The number of ether oxygens (including phenoxy) is 1. The highest BCUT2D eigenvalue weighted by Crippen LogP contribution is 2.28. The van der Waals surface area contributed by atoms with Gasteiger partial charge in [-0.05, 0) is 6.92 Å². The fourth-order valence-corrected chi connectivity index (χ4v) is 1.27. The van der Waals surface area contributed by atoms with Gasteiger partial charge in [0.15, 0.2) is 0 Å². The van der Waals surface area contributed by atoms with E-state index in [0.717, 1.165) is 17.7 Å². The molecule has 0 saturated carbocycles. The molecule has 0 aliphatic carbocycles. The van der Waals surface area contributed by atoms with Crippen molar-refractivity contribution in [3.8, 4) is 5.75 Å². The Balaban J connectivity index is 3.39. The van der Waals surface area contributed by atoms with Crippen molar-refractivity contribution in [1.82, 2.24) is 4.57 Å². The first-order chi connectivity index (χ1) is 7.75. The second-order valence-electron chi connectivity index (χ2n) is 3.27. The lowest BCUT2D eigenvalue weighted by Gasteiger charge is -2.11. The number of hydrogen-bond acceptors (Lipinski definition) is 3. The molecular formula is C10H10F3NO3. The molecule has 0 unspecified atom stereocenters. The van der Waals surface area contributed by atoms with Crippen LogP contribution in [0.15, 0.2) is 17.1 Å². The topological polar surface area (TPSA) is 48.3 Å². The monoisotopic (exact) mass is 249 g/mol. The minimum Gasteiger partial charge on any atom is -0.425 e. The number of nitrogens with zero attached hydrogens (tertiary/aromatic N) is 1. The Morgan fingerprint density at radius 3 is 2.47 bits per heavy atom. The first-order valence-electron chi connectivity index (χ1n) is 4.75. The summed E-state index contributed by atoms with van der Waals surface area (Å²) in [6, 6.07) is 0.524. The molecule has 1 aromatic heterocycles. The molecule has 0 radical (unpaired) electrons. The van der Waals surface area contributed by atoms with Crippen molar-refractivity contribution in [3.05, 3.63) is 28.2 Å². The molecule has 17 heavy (non-hydrogen) atoms. The minimum absolute atomic E-state index is 0.0526. The zero-order chi connectivity index (χ0) is 13.2. The number of pyridine rings is 1. The molecule has 1 aromatic rings. The summed E-state index contributed by atoms with van der Waals surface area (Å²) < 4.78 is 43.0. The van der Waals surface area contributed by atoms with Gasteiger partial charge in [0.2, 0.25) is 0 Å².